The van der Waals surface area contributed by atoms with Gasteiger partial charge in [-0.1, -0.05) is 20.3 Å². The molecule has 0 saturated carbocycles. The Balaban J connectivity index is 3.07. The predicted molar refractivity (Wildman–Crippen MR) is 35.6 cm³/mol. The summed E-state index contributed by atoms with van der Waals surface area (Å²) in [5, 5.41) is 0. The van der Waals surface area contributed by atoms with E-state index in [1.807, 2.05) is 6.92 Å². The summed E-state index contributed by atoms with van der Waals surface area (Å²) in [6.45, 7) is 5.73. The van der Waals surface area contributed by atoms with E-state index in [2.05, 4.69) is 11.2 Å². The summed E-state index contributed by atoms with van der Waals surface area (Å²) >= 11 is 5.12. The van der Waals surface area contributed by atoms with Gasteiger partial charge in [-0.05, 0) is 12.8 Å². The van der Waals surface area contributed by atoms with E-state index < -0.39 is 0 Å². The fourth-order valence-electron chi connectivity index (χ4n) is 0.539. The lowest BCUT2D eigenvalue weighted by atomic mass is 10.2. The molecule has 0 bridgehead atoms. The number of hydrogen-bond donors (Lipinski definition) is 0. The second-order valence-corrected chi connectivity index (χ2v) is 1.94. The third-order valence-corrected chi connectivity index (χ3v) is 1.36. The van der Waals surface area contributed by atoms with E-state index in [-0.39, 0.29) is 6.10 Å². The second-order valence-electron chi connectivity index (χ2n) is 1.76. The molecule has 0 fully saturated rings. The maximum atomic E-state index is 5.12. The normalized spacial score (nSPS) is 13.9. The van der Waals surface area contributed by atoms with Crippen molar-refractivity contribution in [3.63, 3.8) is 0 Å². The molecular weight excluding hydrogens is 124 g/mol. The van der Waals surface area contributed by atoms with Gasteiger partial charge in [0.25, 0.3) is 0 Å². The van der Waals surface area contributed by atoms with Crippen molar-refractivity contribution in [3.05, 3.63) is 6.92 Å². The lowest BCUT2D eigenvalue weighted by Crippen LogP contribution is -2.04. The third-order valence-electron chi connectivity index (χ3n) is 1.11. The summed E-state index contributed by atoms with van der Waals surface area (Å²) in [5.74, 6) is 0. The molecule has 0 aliphatic rings. The smallest absolute Gasteiger partial charge is 0.0788 e. The summed E-state index contributed by atoms with van der Waals surface area (Å²) in [4.78, 5) is 0. The second kappa shape index (κ2) is 5.39. The van der Waals surface area contributed by atoms with Crippen LogP contribution in [0.2, 0.25) is 0 Å². The quantitative estimate of drug-likeness (QED) is 0.576. The lowest BCUT2D eigenvalue weighted by molar-refractivity contribution is 0.208. The maximum absolute atomic E-state index is 5.12. The Labute approximate surface area is 56.2 Å². The van der Waals surface area contributed by atoms with Crippen molar-refractivity contribution in [1.29, 1.82) is 0 Å². The number of rotatable bonds is 4. The minimum atomic E-state index is 0.203. The van der Waals surface area contributed by atoms with Gasteiger partial charge < -0.3 is 0 Å². The highest BCUT2D eigenvalue weighted by Gasteiger charge is 2.01. The summed E-state index contributed by atoms with van der Waals surface area (Å²) in [6, 6.07) is 0. The lowest BCUT2D eigenvalue weighted by Gasteiger charge is -2.06. The first kappa shape index (κ1) is 8.25. The zero-order valence-electron chi connectivity index (χ0n) is 5.19. The topological polar surface area (TPSA) is 9.23 Å². The molecule has 0 aromatic carbocycles. The highest BCUT2D eigenvalue weighted by molar-refractivity contribution is 6.07. The monoisotopic (exact) mass is 135 g/mol. The molecule has 49 valence electrons. The van der Waals surface area contributed by atoms with Crippen LogP contribution in [0.15, 0.2) is 0 Å². The first-order valence-electron chi connectivity index (χ1n) is 2.91. The van der Waals surface area contributed by atoms with Crippen LogP contribution in [-0.2, 0) is 4.29 Å². The van der Waals surface area contributed by atoms with Crippen LogP contribution in [0.5, 0.6) is 0 Å². The van der Waals surface area contributed by atoms with Crippen molar-refractivity contribution in [3.8, 4) is 0 Å². The van der Waals surface area contributed by atoms with E-state index in [4.69, 9.17) is 11.9 Å². The van der Waals surface area contributed by atoms with Crippen LogP contribution in [0.4, 0.5) is 0 Å². The van der Waals surface area contributed by atoms with Crippen molar-refractivity contribution >= 4 is 11.9 Å². The van der Waals surface area contributed by atoms with Gasteiger partial charge in [-0.25, -0.2) is 0 Å². The molecule has 8 heavy (non-hydrogen) atoms. The third kappa shape index (κ3) is 3.28. The Morgan fingerprint density at radius 2 is 2.38 bits per heavy atom. The molecule has 0 amide bonds. The molecule has 0 saturated heterocycles. The first-order valence-corrected chi connectivity index (χ1v) is 3.22. The Kier molecular flexibility index (Phi) is 5.56. The van der Waals surface area contributed by atoms with Crippen LogP contribution >= 0.6 is 11.9 Å². The van der Waals surface area contributed by atoms with E-state index in [0.717, 1.165) is 19.3 Å². The van der Waals surface area contributed by atoms with Crippen molar-refractivity contribution in [2.24, 2.45) is 0 Å². The maximum Gasteiger partial charge on any atom is 0.0788 e. The van der Waals surface area contributed by atoms with Crippen molar-refractivity contribution in [2.75, 3.05) is 0 Å². The molecule has 0 aromatic heterocycles. The number of halogens is 1. The van der Waals surface area contributed by atoms with Gasteiger partial charge in [-0.2, -0.15) is 0 Å². The first-order chi connectivity index (χ1) is 3.85. The minimum Gasteiger partial charge on any atom is -0.276 e. The van der Waals surface area contributed by atoms with Crippen molar-refractivity contribution in [1.82, 2.24) is 0 Å². The highest BCUT2D eigenvalue weighted by atomic mass is 35.5. The van der Waals surface area contributed by atoms with Crippen molar-refractivity contribution in [2.45, 2.75) is 32.3 Å². The van der Waals surface area contributed by atoms with Crippen LogP contribution in [0, 0.1) is 6.92 Å². The minimum absolute atomic E-state index is 0.203. The SMILES string of the molecule is [CH2]CCC(CC)OCl. The molecule has 1 nitrogen and oxygen atoms in total. The van der Waals surface area contributed by atoms with Gasteiger partial charge >= 0.3 is 0 Å². The molecule has 2 heteroatoms. The van der Waals surface area contributed by atoms with E-state index in [1.165, 1.54) is 0 Å². The van der Waals surface area contributed by atoms with E-state index in [1.54, 1.807) is 0 Å². The molecule has 0 spiro atoms. The van der Waals surface area contributed by atoms with Gasteiger partial charge in [0.1, 0.15) is 0 Å². The predicted octanol–water partition coefficient (Wildman–Crippen LogP) is 2.55. The molecule has 0 rings (SSSR count). The molecule has 1 radical (unpaired) electrons. The average Bonchev–Trinajstić information content (AvgIpc) is 1.83. The molecule has 1 atom stereocenters. The number of hydrogen-bond acceptors (Lipinski definition) is 1. The molecule has 0 aliphatic carbocycles. The van der Waals surface area contributed by atoms with Crippen LogP contribution in [0.3, 0.4) is 0 Å². The molecule has 0 aromatic rings. The fourth-order valence-corrected chi connectivity index (χ4v) is 0.754. The van der Waals surface area contributed by atoms with Crippen LogP contribution < -0.4 is 0 Å². The average molecular weight is 136 g/mol. The zero-order chi connectivity index (χ0) is 6.41. The molecule has 1 unspecified atom stereocenters. The standard InChI is InChI=1S/C6H12ClO/c1-3-5-6(4-2)8-7/h6H,1,3-5H2,2H3. The van der Waals surface area contributed by atoms with Gasteiger partial charge in [-0.15, -0.1) is 0 Å². The van der Waals surface area contributed by atoms with E-state index in [9.17, 15) is 0 Å². The van der Waals surface area contributed by atoms with Crippen LogP contribution in [0.1, 0.15) is 26.2 Å². The Bertz CT molecular complexity index is 43.8. The zero-order valence-corrected chi connectivity index (χ0v) is 5.95. The van der Waals surface area contributed by atoms with E-state index >= 15 is 0 Å². The fraction of sp³-hybridized carbons (Fsp3) is 0.833. The Hall–Kier alpha value is 0.250. The van der Waals surface area contributed by atoms with Gasteiger partial charge in [0.05, 0.1) is 18.0 Å². The molecule has 0 N–H and O–H groups in total. The van der Waals surface area contributed by atoms with Crippen LogP contribution in [0.25, 0.3) is 0 Å². The molecule has 0 aliphatic heterocycles. The summed E-state index contributed by atoms with van der Waals surface area (Å²) in [7, 11) is 0. The molecular formula is C6H12ClO. The van der Waals surface area contributed by atoms with E-state index in [0.29, 0.717) is 0 Å². The summed E-state index contributed by atoms with van der Waals surface area (Å²) in [5.41, 5.74) is 0. The molecule has 0 heterocycles. The van der Waals surface area contributed by atoms with Gasteiger partial charge in [-0.3, -0.25) is 4.29 Å². The van der Waals surface area contributed by atoms with Crippen LogP contribution in [-0.4, -0.2) is 6.10 Å². The van der Waals surface area contributed by atoms with Gasteiger partial charge in [0.2, 0.25) is 0 Å². The van der Waals surface area contributed by atoms with Gasteiger partial charge in [0, 0.05) is 0 Å². The summed E-state index contributed by atoms with van der Waals surface area (Å²) < 4.78 is 4.57. The van der Waals surface area contributed by atoms with Gasteiger partial charge in [0.15, 0.2) is 0 Å². The Morgan fingerprint density at radius 3 is 2.50 bits per heavy atom. The Morgan fingerprint density at radius 1 is 1.75 bits per heavy atom. The highest BCUT2D eigenvalue weighted by Crippen LogP contribution is 2.06. The van der Waals surface area contributed by atoms with Crippen molar-refractivity contribution < 1.29 is 4.29 Å². The largest absolute Gasteiger partial charge is 0.276 e. The summed E-state index contributed by atoms with van der Waals surface area (Å²) in [6.07, 6.45) is 3.03.